The highest BCUT2D eigenvalue weighted by atomic mass is 35.5. The lowest BCUT2D eigenvalue weighted by Crippen LogP contribution is -2.42. The summed E-state index contributed by atoms with van der Waals surface area (Å²) in [6.45, 7) is 3.73. The van der Waals surface area contributed by atoms with Gasteiger partial charge in [0.2, 0.25) is 0 Å². The zero-order valence-corrected chi connectivity index (χ0v) is 19.1. The number of amides is 1. The second kappa shape index (κ2) is 10.0. The first-order valence-electron chi connectivity index (χ1n) is 9.67. The molecule has 0 spiro atoms. The predicted molar refractivity (Wildman–Crippen MR) is 123 cm³/mol. The number of hydrogen-bond donors (Lipinski definition) is 4. The fourth-order valence-corrected chi connectivity index (χ4v) is 4.25. The molecule has 1 aliphatic heterocycles. The first-order chi connectivity index (χ1) is 14.6. The zero-order valence-electron chi connectivity index (χ0n) is 16.8. The molecule has 0 unspecified atom stereocenters. The maximum atomic E-state index is 12.2. The van der Waals surface area contributed by atoms with Crippen LogP contribution >= 0.6 is 23.2 Å². The number of halogens is 2. The number of piperidine rings is 1. The average Bonchev–Trinajstić information content (AvgIpc) is 3.13. The Morgan fingerprint density at radius 3 is 2.35 bits per heavy atom. The Kier molecular flexibility index (Phi) is 7.61. The van der Waals surface area contributed by atoms with E-state index in [9.17, 15) is 13.2 Å². The van der Waals surface area contributed by atoms with Crippen molar-refractivity contribution in [3.8, 4) is 0 Å². The van der Waals surface area contributed by atoms with Crippen molar-refractivity contribution < 1.29 is 17.8 Å². The molecule has 31 heavy (non-hydrogen) atoms. The van der Waals surface area contributed by atoms with Crippen LogP contribution < -0.4 is 10.6 Å². The molecule has 0 saturated carbocycles. The van der Waals surface area contributed by atoms with E-state index in [1.165, 1.54) is 12.1 Å². The average molecular weight is 484 g/mol. The van der Waals surface area contributed by atoms with Gasteiger partial charge in [-0.1, -0.05) is 40.9 Å². The Morgan fingerprint density at radius 2 is 1.74 bits per heavy atom. The van der Waals surface area contributed by atoms with Crippen molar-refractivity contribution in [1.29, 1.82) is 0 Å². The number of rotatable bonds is 3. The van der Waals surface area contributed by atoms with Crippen molar-refractivity contribution in [2.75, 3.05) is 13.1 Å². The van der Waals surface area contributed by atoms with Gasteiger partial charge in [0.25, 0.3) is 16.0 Å². The highest BCUT2D eigenvalue weighted by Crippen LogP contribution is 2.28. The second-order valence-corrected chi connectivity index (χ2v) is 9.58. The number of aryl methyl sites for hydroxylation is 1. The number of carbonyl (C=O) groups excluding carboxylic acids is 1. The molecule has 10 heteroatoms. The van der Waals surface area contributed by atoms with Gasteiger partial charge in [-0.15, -0.1) is 0 Å². The maximum Gasteiger partial charge on any atom is 0.294 e. The lowest BCUT2D eigenvalue weighted by Gasteiger charge is -2.23. The molecule has 1 saturated heterocycles. The van der Waals surface area contributed by atoms with Crippen LogP contribution in [0.15, 0.2) is 47.4 Å². The maximum absolute atomic E-state index is 12.2. The van der Waals surface area contributed by atoms with Crippen LogP contribution in [0, 0.1) is 6.92 Å². The summed E-state index contributed by atoms with van der Waals surface area (Å²) < 4.78 is 29.6. The molecule has 4 rings (SSSR count). The second-order valence-electron chi connectivity index (χ2n) is 7.32. The van der Waals surface area contributed by atoms with Crippen LogP contribution in [-0.4, -0.2) is 43.0 Å². The van der Waals surface area contributed by atoms with Crippen LogP contribution in [0.5, 0.6) is 0 Å². The molecule has 0 aliphatic carbocycles. The predicted octanol–water partition coefficient (Wildman–Crippen LogP) is 4.20. The highest BCUT2D eigenvalue weighted by molar-refractivity contribution is 7.85. The minimum Gasteiger partial charge on any atom is -0.350 e. The number of fused-ring (bicyclic) bond motifs is 1. The molecular weight excluding hydrogens is 461 g/mol. The summed E-state index contributed by atoms with van der Waals surface area (Å²) in [5.74, 6) is -0.0970. The van der Waals surface area contributed by atoms with Crippen LogP contribution in [0.1, 0.15) is 28.9 Å². The lowest BCUT2D eigenvalue weighted by atomic mass is 10.1. The third-order valence-corrected chi connectivity index (χ3v) is 6.29. The number of aromatic amines is 1. The van der Waals surface area contributed by atoms with E-state index >= 15 is 0 Å². The number of carbonyl (C=O) groups is 1. The number of benzene rings is 2. The Balaban J connectivity index is 0.000000210. The molecule has 2 heterocycles. The number of H-pyrrole nitrogens is 1. The summed E-state index contributed by atoms with van der Waals surface area (Å²) in [5.41, 5.74) is 2.25. The fourth-order valence-electron chi connectivity index (χ4n) is 3.22. The zero-order chi connectivity index (χ0) is 22.6. The van der Waals surface area contributed by atoms with Crippen LogP contribution in [0.2, 0.25) is 10.0 Å². The van der Waals surface area contributed by atoms with Crippen molar-refractivity contribution >= 4 is 50.1 Å². The molecule has 1 aromatic heterocycles. The van der Waals surface area contributed by atoms with Crippen LogP contribution in [0.25, 0.3) is 10.9 Å². The Morgan fingerprint density at radius 1 is 1.10 bits per heavy atom. The smallest absolute Gasteiger partial charge is 0.294 e. The number of nitrogens with one attached hydrogen (secondary N) is 3. The van der Waals surface area contributed by atoms with Crippen molar-refractivity contribution in [2.45, 2.75) is 30.7 Å². The summed E-state index contributed by atoms with van der Waals surface area (Å²) in [6.07, 6.45) is 1.91. The molecule has 4 N–H and O–H groups in total. The molecule has 1 fully saturated rings. The third-order valence-electron chi connectivity index (χ3n) is 4.89. The quantitative estimate of drug-likeness (QED) is 0.417. The summed E-state index contributed by atoms with van der Waals surface area (Å²) in [6, 6.07) is 11.4. The van der Waals surface area contributed by atoms with Gasteiger partial charge in [-0.05, 0) is 63.2 Å². The van der Waals surface area contributed by atoms with Gasteiger partial charge in [0.15, 0.2) is 0 Å². The van der Waals surface area contributed by atoms with E-state index in [0.717, 1.165) is 42.4 Å². The topological polar surface area (TPSA) is 111 Å². The van der Waals surface area contributed by atoms with E-state index in [4.69, 9.17) is 27.8 Å². The number of aromatic nitrogens is 1. The van der Waals surface area contributed by atoms with Gasteiger partial charge in [-0.3, -0.25) is 9.35 Å². The molecule has 2 aromatic carbocycles. The highest BCUT2D eigenvalue weighted by Gasteiger charge is 2.18. The van der Waals surface area contributed by atoms with E-state index in [1.807, 2.05) is 6.92 Å². The Labute approximate surface area is 190 Å². The van der Waals surface area contributed by atoms with Crippen molar-refractivity contribution in [3.05, 3.63) is 63.8 Å². The van der Waals surface area contributed by atoms with Gasteiger partial charge in [0.1, 0.15) is 5.69 Å². The Hall–Kier alpha value is -2.10. The SMILES string of the molecule is Cc1ccc(S(=O)(=O)O)cc1.O=C(NC1CCNCC1)c1cc2c(Cl)cc(Cl)cc2[nH]1. The minimum atomic E-state index is -4.02. The monoisotopic (exact) mass is 483 g/mol. The van der Waals surface area contributed by atoms with Crippen LogP contribution in [0.4, 0.5) is 0 Å². The van der Waals surface area contributed by atoms with Crippen molar-refractivity contribution in [3.63, 3.8) is 0 Å². The van der Waals surface area contributed by atoms with Gasteiger partial charge in [-0.2, -0.15) is 8.42 Å². The molecule has 7 nitrogen and oxygen atoms in total. The van der Waals surface area contributed by atoms with Gasteiger partial charge in [0.05, 0.1) is 9.92 Å². The van der Waals surface area contributed by atoms with Crippen LogP contribution in [0.3, 0.4) is 0 Å². The lowest BCUT2D eigenvalue weighted by molar-refractivity contribution is 0.0925. The summed E-state index contributed by atoms with van der Waals surface area (Å²) in [5, 5.41) is 8.22. The molecular formula is C21H23Cl2N3O4S. The Bertz CT molecular complexity index is 1170. The van der Waals surface area contributed by atoms with Gasteiger partial charge < -0.3 is 15.6 Å². The molecule has 0 radical (unpaired) electrons. The van der Waals surface area contributed by atoms with E-state index in [1.54, 1.807) is 30.3 Å². The minimum absolute atomic E-state index is 0.0666. The van der Waals surface area contributed by atoms with E-state index in [-0.39, 0.29) is 16.8 Å². The van der Waals surface area contributed by atoms with Crippen LogP contribution in [-0.2, 0) is 10.1 Å². The van der Waals surface area contributed by atoms with Crippen molar-refractivity contribution in [2.24, 2.45) is 0 Å². The number of hydrogen-bond acceptors (Lipinski definition) is 4. The largest absolute Gasteiger partial charge is 0.350 e. The van der Waals surface area contributed by atoms with E-state index in [2.05, 4.69) is 15.6 Å². The van der Waals surface area contributed by atoms with Gasteiger partial charge in [-0.25, -0.2) is 0 Å². The summed E-state index contributed by atoms with van der Waals surface area (Å²) in [7, 11) is -4.02. The fraction of sp³-hybridized carbons (Fsp3) is 0.286. The molecule has 1 amide bonds. The van der Waals surface area contributed by atoms with Gasteiger partial charge in [0, 0.05) is 22.0 Å². The van der Waals surface area contributed by atoms with Gasteiger partial charge >= 0.3 is 0 Å². The van der Waals surface area contributed by atoms with E-state index < -0.39 is 10.1 Å². The van der Waals surface area contributed by atoms with E-state index in [0.29, 0.717) is 15.7 Å². The normalized spacial score (nSPS) is 14.7. The van der Waals surface area contributed by atoms with Crippen molar-refractivity contribution in [1.82, 2.24) is 15.6 Å². The first-order valence-corrected chi connectivity index (χ1v) is 11.9. The summed E-state index contributed by atoms with van der Waals surface area (Å²) in [4.78, 5) is 15.2. The molecule has 3 aromatic rings. The standard InChI is InChI=1S/C14H15Cl2N3O.C7H8O3S/c15-8-5-11(16)10-7-13(19-12(10)6-8)14(20)18-9-1-3-17-4-2-9;1-6-2-4-7(5-3-6)11(8,9)10/h5-7,9,17,19H,1-4H2,(H,18,20);2-5H,1H3,(H,8,9,10). The third kappa shape index (κ3) is 6.44. The first kappa shape index (κ1) is 23.6. The molecule has 1 aliphatic rings. The molecule has 166 valence electrons. The molecule has 0 atom stereocenters. The molecule has 0 bridgehead atoms. The summed E-state index contributed by atoms with van der Waals surface area (Å²) >= 11 is 12.1.